The second kappa shape index (κ2) is 9.43. The lowest BCUT2D eigenvalue weighted by molar-refractivity contribution is -0.133. The van der Waals surface area contributed by atoms with E-state index in [1.807, 2.05) is 43.0 Å². The van der Waals surface area contributed by atoms with Gasteiger partial charge in [0.2, 0.25) is 5.91 Å². The van der Waals surface area contributed by atoms with Gasteiger partial charge in [0.25, 0.3) is 0 Å². The number of halogens is 1. The number of hydrogen-bond donors (Lipinski definition) is 1. The summed E-state index contributed by atoms with van der Waals surface area (Å²) in [6.07, 6.45) is 1.65. The maximum absolute atomic E-state index is 13.3. The molecule has 0 saturated heterocycles. The van der Waals surface area contributed by atoms with Crippen LogP contribution in [0, 0.1) is 0 Å². The highest BCUT2D eigenvalue weighted by molar-refractivity contribution is 7.10. The van der Waals surface area contributed by atoms with Gasteiger partial charge in [-0.1, -0.05) is 30.7 Å². The van der Waals surface area contributed by atoms with E-state index in [4.69, 9.17) is 11.6 Å². The van der Waals surface area contributed by atoms with Crippen molar-refractivity contribution >= 4 is 34.9 Å². The molecule has 1 aromatic carbocycles. The van der Waals surface area contributed by atoms with Crippen LogP contribution in [-0.4, -0.2) is 47.9 Å². The Morgan fingerprint density at radius 1 is 1.25 bits per heavy atom. The molecule has 3 rings (SSSR count). The summed E-state index contributed by atoms with van der Waals surface area (Å²) in [5, 5.41) is 5.56. The molecule has 1 aliphatic heterocycles. The molecule has 1 aromatic heterocycles. The number of amides is 3. The number of urea groups is 1. The molecule has 0 saturated carbocycles. The third-order valence-corrected chi connectivity index (χ3v) is 6.16. The minimum atomic E-state index is -0.186. The van der Waals surface area contributed by atoms with E-state index in [2.05, 4.69) is 16.8 Å². The van der Waals surface area contributed by atoms with E-state index in [0.717, 1.165) is 18.4 Å². The minimum Gasteiger partial charge on any atom is -0.338 e. The first kappa shape index (κ1) is 20.7. The largest absolute Gasteiger partial charge is 0.338 e. The highest BCUT2D eigenvalue weighted by Crippen LogP contribution is 2.38. The van der Waals surface area contributed by atoms with E-state index in [1.165, 1.54) is 10.4 Å². The van der Waals surface area contributed by atoms with Crippen LogP contribution in [0.1, 0.15) is 42.3 Å². The molecule has 0 radical (unpaired) electrons. The lowest BCUT2D eigenvalue weighted by atomic mass is 9.93. The molecule has 0 spiro atoms. The van der Waals surface area contributed by atoms with Gasteiger partial charge in [-0.3, -0.25) is 4.79 Å². The Morgan fingerprint density at radius 2 is 2.00 bits per heavy atom. The van der Waals surface area contributed by atoms with Gasteiger partial charge in [-0.25, -0.2) is 4.79 Å². The number of rotatable bonds is 6. The quantitative estimate of drug-likeness (QED) is 0.758. The Balaban J connectivity index is 1.87. The Kier molecular flexibility index (Phi) is 6.97. The van der Waals surface area contributed by atoms with Crippen LogP contribution in [0.3, 0.4) is 0 Å². The lowest BCUT2D eigenvalue weighted by Crippen LogP contribution is -2.49. The van der Waals surface area contributed by atoms with E-state index in [9.17, 15) is 9.59 Å². The fraction of sp³-hybridized carbons (Fsp3) is 0.429. The van der Waals surface area contributed by atoms with Crippen molar-refractivity contribution in [3.05, 3.63) is 56.7 Å². The maximum atomic E-state index is 13.3. The normalized spacial score (nSPS) is 15.8. The smallest absolute Gasteiger partial charge is 0.317 e. The first-order valence-corrected chi connectivity index (χ1v) is 10.9. The number of nitrogens with one attached hydrogen (secondary N) is 1. The molecule has 150 valence electrons. The molecule has 1 unspecified atom stereocenters. The van der Waals surface area contributed by atoms with Crippen molar-refractivity contribution in [2.45, 2.75) is 32.7 Å². The van der Waals surface area contributed by atoms with Crippen LogP contribution >= 0.6 is 22.9 Å². The van der Waals surface area contributed by atoms with Crippen molar-refractivity contribution in [2.24, 2.45) is 0 Å². The number of thiophene rings is 1. The molecule has 3 amide bonds. The predicted molar refractivity (Wildman–Crippen MR) is 114 cm³/mol. The zero-order valence-electron chi connectivity index (χ0n) is 16.3. The topological polar surface area (TPSA) is 52.7 Å². The highest BCUT2D eigenvalue weighted by atomic mass is 35.5. The molecular weight excluding hydrogens is 394 g/mol. The molecule has 7 heteroatoms. The molecule has 0 fully saturated rings. The second-order valence-corrected chi connectivity index (χ2v) is 8.28. The van der Waals surface area contributed by atoms with Gasteiger partial charge >= 0.3 is 6.03 Å². The van der Waals surface area contributed by atoms with Gasteiger partial charge in [0.05, 0.1) is 6.04 Å². The van der Waals surface area contributed by atoms with E-state index >= 15 is 0 Å². The van der Waals surface area contributed by atoms with Crippen molar-refractivity contribution in [1.82, 2.24) is 15.1 Å². The monoisotopic (exact) mass is 419 g/mol. The van der Waals surface area contributed by atoms with Gasteiger partial charge < -0.3 is 15.1 Å². The van der Waals surface area contributed by atoms with Crippen molar-refractivity contribution in [3.8, 4) is 0 Å². The van der Waals surface area contributed by atoms with Gasteiger partial charge in [0.15, 0.2) is 0 Å². The van der Waals surface area contributed by atoms with Gasteiger partial charge in [-0.05, 0) is 54.5 Å². The number of benzene rings is 1. The van der Waals surface area contributed by atoms with E-state index < -0.39 is 0 Å². The van der Waals surface area contributed by atoms with Crippen LogP contribution in [0.4, 0.5) is 4.79 Å². The van der Waals surface area contributed by atoms with Crippen molar-refractivity contribution < 1.29 is 9.59 Å². The van der Waals surface area contributed by atoms with Gasteiger partial charge in [-0.15, -0.1) is 11.3 Å². The SMILES string of the molecule is CCCN(CC(=O)N1CCc2sccc2C1c1ccc(Cl)cc1)C(=O)NCC. The van der Waals surface area contributed by atoms with Crippen LogP contribution in [0.5, 0.6) is 0 Å². The Bertz CT molecular complexity index is 821. The molecule has 1 aliphatic rings. The van der Waals surface area contributed by atoms with Crippen LogP contribution in [0.2, 0.25) is 5.02 Å². The summed E-state index contributed by atoms with van der Waals surface area (Å²) in [5.74, 6) is -0.0310. The van der Waals surface area contributed by atoms with Crippen LogP contribution < -0.4 is 5.32 Å². The van der Waals surface area contributed by atoms with Crippen molar-refractivity contribution in [3.63, 3.8) is 0 Å². The summed E-state index contributed by atoms with van der Waals surface area (Å²) < 4.78 is 0. The standard InChI is InChI=1S/C21H26ClN3O2S/c1-3-11-24(21(27)23-4-2)14-19(26)25-12-9-18-17(10-13-28-18)20(25)15-5-7-16(22)8-6-15/h5-8,10,13,20H,3-4,9,11-12,14H2,1-2H3,(H,23,27). The molecule has 1 atom stereocenters. The average molecular weight is 420 g/mol. The third kappa shape index (κ3) is 4.50. The van der Waals surface area contributed by atoms with Crippen molar-refractivity contribution in [1.29, 1.82) is 0 Å². The molecule has 0 bridgehead atoms. The Morgan fingerprint density at radius 3 is 2.68 bits per heavy atom. The predicted octanol–water partition coefficient (Wildman–Crippen LogP) is 4.32. The lowest BCUT2D eigenvalue weighted by Gasteiger charge is -2.37. The van der Waals surface area contributed by atoms with Crippen LogP contribution in [0.25, 0.3) is 0 Å². The van der Waals surface area contributed by atoms with Crippen LogP contribution in [0.15, 0.2) is 35.7 Å². The number of nitrogens with zero attached hydrogens (tertiary/aromatic N) is 2. The molecule has 5 nitrogen and oxygen atoms in total. The first-order valence-electron chi connectivity index (χ1n) is 9.69. The molecule has 0 aliphatic carbocycles. The minimum absolute atomic E-state index is 0.0310. The van der Waals surface area contributed by atoms with Gasteiger partial charge in [-0.2, -0.15) is 0 Å². The van der Waals surface area contributed by atoms with Gasteiger partial charge in [0.1, 0.15) is 6.54 Å². The summed E-state index contributed by atoms with van der Waals surface area (Å²) in [4.78, 5) is 30.4. The number of carbonyl (C=O) groups excluding carboxylic acids is 2. The fourth-order valence-electron chi connectivity index (χ4n) is 3.63. The molecule has 1 N–H and O–H groups in total. The summed E-state index contributed by atoms with van der Waals surface area (Å²) in [6.45, 7) is 5.72. The molecule has 28 heavy (non-hydrogen) atoms. The fourth-order valence-corrected chi connectivity index (χ4v) is 4.66. The highest BCUT2D eigenvalue weighted by Gasteiger charge is 2.33. The molecule has 2 aromatic rings. The first-order chi connectivity index (χ1) is 13.5. The van der Waals surface area contributed by atoms with Crippen molar-refractivity contribution in [2.75, 3.05) is 26.2 Å². The Hall–Kier alpha value is -2.05. The third-order valence-electron chi connectivity index (χ3n) is 4.91. The zero-order chi connectivity index (χ0) is 20.1. The van der Waals surface area contributed by atoms with Gasteiger partial charge in [0, 0.05) is 29.5 Å². The number of hydrogen-bond acceptors (Lipinski definition) is 3. The summed E-state index contributed by atoms with van der Waals surface area (Å²) >= 11 is 7.80. The van der Waals surface area contributed by atoms with Crippen LogP contribution in [-0.2, 0) is 11.2 Å². The second-order valence-electron chi connectivity index (χ2n) is 6.85. The van der Waals surface area contributed by atoms with E-state index in [-0.39, 0.29) is 24.5 Å². The van der Waals surface area contributed by atoms with E-state index in [0.29, 0.717) is 24.7 Å². The summed E-state index contributed by atoms with van der Waals surface area (Å²) in [7, 11) is 0. The Labute approximate surface area is 175 Å². The summed E-state index contributed by atoms with van der Waals surface area (Å²) in [5.41, 5.74) is 2.21. The molecule has 2 heterocycles. The maximum Gasteiger partial charge on any atom is 0.317 e. The average Bonchev–Trinajstić information content (AvgIpc) is 3.16. The molecular formula is C21H26ClN3O2S. The zero-order valence-corrected chi connectivity index (χ0v) is 17.9. The van der Waals surface area contributed by atoms with E-state index in [1.54, 1.807) is 16.2 Å². The number of carbonyl (C=O) groups is 2. The summed E-state index contributed by atoms with van der Waals surface area (Å²) in [6, 6.07) is 9.45. The number of fused-ring (bicyclic) bond motifs is 1.